The van der Waals surface area contributed by atoms with Crippen LogP contribution in [0.3, 0.4) is 0 Å². The second kappa shape index (κ2) is 9.46. The van der Waals surface area contributed by atoms with Crippen LogP contribution in [0.1, 0.15) is 13.8 Å². The van der Waals surface area contributed by atoms with Crippen LogP contribution in [0.4, 0.5) is 20.4 Å². The summed E-state index contributed by atoms with van der Waals surface area (Å²) in [6, 6.07) is 0.836. The number of aromatic nitrogens is 1. The molecule has 5 nitrogen and oxygen atoms in total. The van der Waals surface area contributed by atoms with Crippen molar-refractivity contribution in [1.29, 1.82) is 0 Å². The fraction of sp³-hybridized carbons (Fsp3) is 0.643. The van der Waals surface area contributed by atoms with E-state index in [4.69, 9.17) is 9.47 Å². The molecule has 1 N–H and O–H groups in total. The van der Waals surface area contributed by atoms with Gasteiger partial charge in [-0.2, -0.15) is 0 Å². The molecule has 0 fully saturated rings. The third-order valence-corrected chi connectivity index (χ3v) is 2.87. The number of hydrogen-bond donors (Lipinski definition) is 1. The van der Waals surface area contributed by atoms with Crippen LogP contribution in [0.15, 0.2) is 6.07 Å². The van der Waals surface area contributed by atoms with Gasteiger partial charge in [-0.05, 0) is 13.8 Å². The van der Waals surface area contributed by atoms with E-state index >= 15 is 0 Å². The van der Waals surface area contributed by atoms with E-state index in [1.54, 1.807) is 4.90 Å². The maximum absolute atomic E-state index is 14.0. The van der Waals surface area contributed by atoms with Crippen molar-refractivity contribution in [2.75, 3.05) is 56.8 Å². The van der Waals surface area contributed by atoms with Gasteiger partial charge in [-0.15, -0.1) is 0 Å². The summed E-state index contributed by atoms with van der Waals surface area (Å²) >= 11 is 0. The maximum Gasteiger partial charge on any atom is 0.168 e. The van der Waals surface area contributed by atoms with Gasteiger partial charge in [-0.25, -0.2) is 13.8 Å². The molecule has 0 saturated carbocycles. The maximum atomic E-state index is 14.0. The summed E-state index contributed by atoms with van der Waals surface area (Å²) < 4.78 is 38.0. The molecule has 0 aliphatic heterocycles. The molecule has 0 aliphatic carbocycles. The van der Waals surface area contributed by atoms with E-state index < -0.39 is 11.6 Å². The predicted molar refractivity (Wildman–Crippen MR) is 78.9 cm³/mol. The molecule has 0 aliphatic rings. The topological polar surface area (TPSA) is 46.6 Å². The van der Waals surface area contributed by atoms with Crippen LogP contribution in [0, 0.1) is 11.6 Å². The minimum atomic E-state index is -0.715. The van der Waals surface area contributed by atoms with Crippen LogP contribution in [-0.4, -0.2) is 51.5 Å². The molecule has 120 valence electrons. The largest absolute Gasteiger partial charge is 0.380 e. The smallest absolute Gasteiger partial charge is 0.168 e. The van der Waals surface area contributed by atoms with Gasteiger partial charge in [0.2, 0.25) is 0 Å². The van der Waals surface area contributed by atoms with Crippen molar-refractivity contribution < 1.29 is 18.3 Å². The predicted octanol–water partition coefficient (Wildman–Crippen LogP) is 2.28. The molecule has 0 atom stereocenters. The van der Waals surface area contributed by atoms with Crippen LogP contribution in [0.5, 0.6) is 0 Å². The fourth-order valence-electron chi connectivity index (χ4n) is 1.82. The Labute approximate surface area is 124 Å². The van der Waals surface area contributed by atoms with E-state index in [0.717, 1.165) is 6.07 Å². The Morgan fingerprint density at radius 1 is 1.10 bits per heavy atom. The van der Waals surface area contributed by atoms with Gasteiger partial charge in [0.1, 0.15) is 0 Å². The first-order chi connectivity index (χ1) is 10.1. The Morgan fingerprint density at radius 3 is 2.14 bits per heavy atom. The molecule has 1 heterocycles. The Hall–Kier alpha value is -1.47. The molecule has 1 rings (SSSR count). The molecule has 1 aromatic rings. The second-order valence-electron chi connectivity index (χ2n) is 4.26. The van der Waals surface area contributed by atoms with E-state index in [1.165, 1.54) is 7.05 Å². The van der Waals surface area contributed by atoms with E-state index in [9.17, 15) is 8.78 Å². The highest BCUT2D eigenvalue weighted by Crippen LogP contribution is 2.22. The standard InChI is InChI=1S/C14H23F2N3O2/c1-4-20-8-6-19(7-9-21-5-2)14-12(16)10-11(15)13(17-3)18-14/h10H,4-9H2,1-3H3,(H,17,18). The fourth-order valence-corrected chi connectivity index (χ4v) is 1.82. The van der Waals surface area contributed by atoms with Gasteiger partial charge >= 0.3 is 0 Å². The number of nitrogens with one attached hydrogen (secondary N) is 1. The van der Waals surface area contributed by atoms with Crippen LogP contribution in [0.2, 0.25) is 0 Å². The summed E-state index contributed by atoms with van der Waals surface area (Å²) in [6.07, 6.45) is 0. The van der Waals surface area contributed by atoms with Gasteiger partial charge < -0.3 is 19.7 Å². The van der Waals surface area contributed by atoms with Crippen molar-refractivity contribution in [2.24, 2.45) is 0 Å². The lowest BCUT2D eigenvalue weighted by molar-refractivity contribution is 0.141. The number of nitrogens with zero attached hydrogens (tertiary/aromatic N) is 2. The number of anilines is 2. The Balaban J connectivity index is 2.89. The molecular formula is C14H23F2N3O2. The first-order valence-electron chi connectivity index (χ1n) is 7.08. The van der Waals surface area contributed by atoms with E-state index in [2.05, 4.69) is 10.3 Å². The van der Waals surface area contributed by atoms with Crippen LogP contribution in [-0.2, 0) is 9.47 Å². The first-order valence-corrected chi connectivity index (χ1v) is 7.08. The third-order valence-electron chi connectivity index (χ3n) is 2.87. The zero-order chi connectivity index (χ0) is 15.7. The van der Waals surface area contributed by atoms with Gasteiger partial charge in [0.15, 0.2) is 23.3 Å². The lowest BCUT2D eigenvalue weighted by Gasteiger charge is -2.24. The van der Waals surface area contributed by atoms with Gasteiger partial charge in [0, 0.05) is 39.4 Å². The van der Waals surface area contributed by atoms with Crippen molar-refractivity contribution >= 4 is 11.6 Å². The van der Waals surface area contributed by atoms with Crippen LogP contribution in [0.25, 0.3) is 0 Å². The van der Waals surface area contributed by atoms with Gasteiger partial charge in [0.05, 0.1) is 13.2 Å². The molecule has 0 saturated heterocycles. The van der Waals surface area contributed by atoms with Crippen LogP contribution < -0.4 is 10.2 Å². The minimum absolute atomic E-state index is 0.0178. The monoisotopic (exact) mass is 303 g/mol. The zero-order valence-corrected chi connectivity index (χ0v) is 12.8. The summed E-state index contributed by atoms with van der Waals surface area (Å²) in [5.41, 5.74) is 0. The van der Waals surface area contributed by atoms with Crippen molar-refractivity contribution in [3.05, 3.63) is 17.7 Å². The van der Waals surface area contributed by atoms with Crippen molar-refractivity contribution in [2.45, 2.75) is 13.8 Å². The quantitative estimate of drug-likeness (QED) is 0.672. The Kier molecular flexibility index (Phi) is 7.92. The molecular weight excluding hydrogens is 280 g/mol. The van der Waals surface area contributed by atoms with E-state index in [1.807, 2.05) is 13.8 Å². The summed E-state index contributed by atoms with van der Waals surface area (Å²) in [7, 11) is 1.54. The summed E-state index contributed by atoms with van der Waals surface area (Å²) in [5, 5.41) is 2.61. The first kappa shape index (κ1) is 17.6. The average molecular weight is 303 g/mol. The summed E-state index contributed by atoms with van der Waals surface area (Å²) in [4.78, 5) is 5.70. The lowest BCUT2D eigenvalue weighted by atomic mass is 10.3. The number of rotatable bonds is 10. The van der Waals surface area contributed by atoms with Gasteiger partial charge in [-0.1, -0.05) is 0 Å². The minimum Gasteiger partial charge on any atom is -0.380 e. The molecule has 0 spiro atoms. The molecule has 7 heteroatoms. The second-order valence-corrected chi connectivity index (χ2v) is 4.26. The molecule has 1 aromatic heterocycles. The average Bonchev–Trinajstić information content (AvgIpc) is 2.46. The number of hydrogen-bond acceptors (Lipinski definition) is 5. The van der Waals surface area contributed by atoms with Crippen molar-refractivity contribution in [1.82, 2.24) is 4.98 Å². The molecule has 0 amide bonds. The summed E-state index contributed by atoms with van der Waals surface area (Å²) in [6.45, 7) is 6.74. The third kappa shape index (κ3) is 5.43. The molecule has 21 heavy (non-hydrogen) atoms. The lowest BCUT2D eigenvalue weighted by Crippen LogP contribution is -2.33. The highest BCUT2D eigenvalue weighted by molar-refractivity contribution is 5.49. The van der Waals surface area contributed by atoms with Crippen LogP contribution >= 0.6 is 0 Å². The van der Waals surface area contributed by atoms with Gasteiger partial charge in [-0.3, -0.25) is 0 Å². The Bertz CT molecular complexity index is 423. The number of pyridine rings is 1. The number of ether oxygens (including phenoxy) is 2. The molecule has 0 unspecified atom stereocenters. The molecule has 0 bridgehead atoms. The van der Waals surface area contributed by atoms with Crippen molar-refractivity contribution in [3.63, 3.8) is 0 Å². The number of halogens is 2. The van der Waals surface area contributed by atoms with Crippen molar-refractivity contribution in [3.8, 4) is 0 Å². The zero-order valence-electron chi connectivity index (χ0n) is 12.8. The molecule has 0 aromatic carbocycles. The SMILES string of the molecule is CCOCCN(CCOCC)c1nc(NC)c(F)cc1F. The highest BCUT2D eigenvalue weighted by Gasteiger charge is 2.17. The Morgan fingerprint density at radius 2 is 1.67 bits per heavy atom. The highest BCUT2D eigenvalue weighted by atomic mass is 19.1. The summed E-state index contributed by atoms with van der Waals surface area (Å²) in [5.74, 6) is -1.29. The molecule has 0 radical (unpaired) electrons. The van der Waals surface area contributed by atoms with E-state index in [-0.39, 0.29) is 11.6 Å². The van der Waals surface area contributed by atoms with E-state index in [0.29, 0.717) is 39.5 Å². The normalized spacial score (nSPS) is 10.7. The van der Waals surface area contributed by atoms with Gasteiger partial charge in [0.25, 0.3) is 0 Å².